The summed E-state index contributed by atoms with van der Waals surface area (Å²) in [5.74, 6) is -0.995. The second kappa shape index (κ2) is 20.8. The molecule has 0 spiro atoms. The second-order valence-corrected chi connectivity index (χ2v) is 21.9. The summed E-state index contributed by atoms with van der Waals surface area (Å²) in [6.45, 7) is 10.6. The van der Waals surface area contributed by atoms with Gasteiger partial charge in [0.05, 0.1) is 67.1 Å². The molecule has 4 saturated carbocycles. The Labute approximate surface area is 399 Å². The lowest BCUT2D eigenvalue weighted by atomic mass is 9.41. The fraction of sp³-hybridized carbons (Fsp3) is 1.00. The first-order valence-electron chi connectivity index (χ1n) is 25.1. The number of hydrogen-bond donors (Lipinski definition) is 9. The Morgan fingerprint density at radius 3 is 1.85 bits per heavy atom. The lowest BCUT2D eigenvalue weighted by Gasteiger charge is -2.66. The van der Waals surface area contributed by atoms with Gasteiger partial charge in [0, 0.05) is 39.6 Å². The molecule has 20 heteroatoms. The second-order valence-electron chi connectivity index (χ2n) is 21.9. The minimum atomic E-state index is -1.61. The molecule has 4 heterocycles. The van der Waals surface area contributed by atoms with Crippen molar-refractivity contribution in [3.05, 3.63) is 0 Å². The Bertz CT molecular complexity index is 1670. The van der Waals surface area contributed by atoms with Gasteiger partial charge in [0.15, 0.2) is 25.2 Å². The van der Waals surface area contributed by atoms with Crippen LogP contribution in [0.1, 0.15) is 99.3 Å². The maximum absolute atomic E-state index is 12.9. The van der Waals surface area contributed by atoms with E-state index in [-0.39, 0.29) is 30.0 Å². The normalized spacial score (nSPS) is 55.8. The molecule has 0 aromatic carbocycles. The number of aliphatic hydroxyl groups is 9. The predicted octanol–water partition coefficient (Wildman–Crippen LogP) is -0.156. The van der Waals surface area contributed by atoms with Crippen molar-refractivity contribution in [2.45, 2.75) is 240 Å². The highest BCUT2D eigenvalue weighted by Crippen LogP contribution is 2.69. The summed E-state index contributed by atoms with van der Waals surface area (Å²) in [6, 6.07) is 0. The molecule has 20 nitrogen and oxygen atoms in total. The summed E-state index contributed by atoms with van der Waals surface area (Å²) >= 11 is 0. The highest BCUT2D eigenvalue weighted by molar-refractivity contribution is 5.22. The predicted molar refractivity (Wildman–Crippen MR) is 235 cm³/mol. The molecular weight excluding hydrogens is 897 g/mol. The fourth-order valence-corrected chi connectivity index (χ4v) is 14.6. The summed E-state index contributed by atoms with van der Waals surface area (Å²) < 4.78 is 67.2. The average Bonchev–Trinajstić information content (AvgIpc) is 3.60. The van der Waals surface area contributed by atoms with Crippen molar-refractivity contribution in [2.24, 2.45) is 34.5 Å². The van der Waals surface area contributed by atoms with Gasteiger partial charge in [-0.15, -0.1) is 0 Å². The van der Waals surface area contributed by atoms with Crippen molar-refractivity contribution in [3.63, 3.8) is 0 Å². The van der Waals surface area contributed by atoms with Crippen LogP contribution in [0.15, 0.2) is 0 Å². The third-order valence-corrected chi connectivity index (χ3v) is 18.6. The van der Waals surface area contributed by atoms with E-state index in [9.17, 15) is 46.0 Å². The Morgan fingerprint density at radius 2 is 1.24 bits per heavy atom. The maximum Gasteiger partial charge on any atom is 0.187 e. The molecule has 394 valence electrons. The van der Waals surface area contributed by atoms with Crippen LogP contribution in [0.5, 0.6) is 0 Å². The molecule has 8 fully saturated rings. The number of fused-ring (bicyclic) bond motifs is 5. The first kappa shape index (κ1) is 53.5. The van der Waals surface area contributed by atoms with Gasteiger partial charge in [-0.1, -0.05) is 13.8 Å². The van der Waals surface area contributed by atoms with Crippen LogP contribution in [0.2, 0.25) is 0 Å². The smallest absolute Gasteiger partial charge is 0.187 e. The van der Waals surface area contributed by atoms with Crippen LogP contribution in [0.25, 0.3) is 0 Å². The Morgan fingerprint density at radius 1 is 0.603 bits per heavy atom. The van der Waals surface area contributed by atoms with Crippen LogP contribution in [0, 0.1) is 34.5 Å². The van der Waals surface area contributed by atoms with Gasteiger partial charge in [0.1, 0.15) is 54.9 Å². The number of rotatable bonds is 13. The monoisotopic (exact) mass is 979 g/mol. The summed E-state index contributed by atoms with van der Waals surface area (Å²) in [6.07, 6.45) is -14.4. The van der Waals surface area contributed by atoms with Crippen molar-refractivity contribution >= 4 is 0 Å². The number of hydrogen-bond acceptors (Lipinski definition) is 20. The van der Waals surface area contributed by atoms with Crippen LogP contribution >= 0.6 is 0 Å². The SMILES string of the molecule is CO[C@H]1[C@@H](O)[C@H](O[C@@H]2[C@@H](C)O[C@@H](O[C@H]3[C@@H](OC)C[C@H](O[C@H]4CC[C@@]5(C)[C@@H](CC[C@@H]6[C@@H]5[C@H](O)[C@@H](O)[C@]5(C)[C@@H]([C@H](C)O[C@@H]7O[C@H](CO)[C@@H](O)[C@H](O)[C@H]7O)CC[C@]65O)C4)O[C@@H]3C)C[C@H]2OC)O[C@H](C)[C@H]1O. The number of ether oxygens (including phenoxy) is 11. The van der Waals surface area contributed by atoms with Crippen molar-refractivity contribution in [3.8, 4) is 0 Å². The maximum atomic E-state index is 12.9. The number of methoxy groups -OCH3 is 3. The van der Waals surface area contributed by atoms with Crippen LogP contribution in [-0.2, 0) is 52.1 Å². The van der Waals surface area contributed by atoms with E-state index in [1.807, 2.05) is 20.8 Å². The molecular formula is C48H82O20. The van der Waals surface area contributed by atoms with E-state index in [2.05, 4.69) is 6.92 Å². The largest absolute Gasteiger partial charge is 0.394 e. The molecule has 4 saturated heterocycles. The van der Waals surface area contributed by atoms with Gasteiger partial charge in [-0.2, -0.15) is 0 Å². The van der Waals surface area contributed by atoms with Gasteiger partial charge < -0.3 is 98.1 Å². The van der Waals surface area contributed by atoms with E-state index in [1.165, 1.54) is 7.11 Å². The topological polar surface area (TPSA) is 284 Å². The van der Waals surface area contributed by atoms with E-state index in [4.69, 9.17) is 52.1 Å². The molecule has 4 aliphatic carbocycles. The van der Waals surface area contributed by atoms with E-state index in [0.29, 0.717) is 44.9 Å². The minimum Gasteiger partial charge on any atom is -0.394 e. The number of aliphatic hydroxyl groups excluding tert-OH is 8. The van der Waals surface area contributed by atoms with Crippen molar-refractivity contribution in [2.75, 3.05) is 27.9 Å². The zero-order chi connectivity index (χ0) is 49.4. The molecule has 9 N–H and O–H groups in total. The summed E-state index contributed by atoms with van der Waals surface area (Å²) in [4.78, 5) is 0. The summed E-state index contributed by atoms with van der Waals surface area (Å²) in [5, 5.41) is 99.8. The molecule has 0 bridgehead atoms. The van der Waals surface area contributed by atoms with Gasteiger partial charge in [0.25, 0.3) is 0 Å². The molecule has 0 unspecified atom stereocenters. The lowest BCUT2D eigenvalue weighted by Crippen LogP contribution is -2.72. The zero-order valence-corrected chi connectivity index (χ0v) is 41.1. The van der Waals surface area contributed by atoms with Gasteiger partial charge in [-0.3, -0.25) is 0 Å². The summed E-state index contributed by atoms with van der Waals surface area (Å²) in [5.41, 5.74) is -2.91. The van der Waals surface area contributed by atoms with Gasteiger partial charge >= 0.3 is 0 Å². The Hall–Kier alpha value is -0.800. The third-order valence-electron chi connectivity index (χ3n) is 18.6. The highest BCUT2D eigenvalue weighted by atomic mass is 16.8. The zero-order valence-electron chi connectivity index (χ0n) is 41.1. The molecule has 8 rings (SSSR count). The van der Waals surface area contributed by atoms with Gasteiger partial charge in [-0.25, -0.2) is 0 Å². The molecule has 4 aliphatic heterocycles. The van der Waals surface area contributed by atoms with Crippen molar-refractivity contribution in [1.82, 2.24) is 0 Å². The minimum absolute atomic E-state index is 0.133. The first-order chi connectivity index (χ1) is 32.2. The lowest BCUT2D eigenvalue weighted by molar-refractivity contribution is -0.352. The quantitative estimate of drug-likeness (QED) is 0.109. The summed E-state index contributed by atoms with van der Waals surface area (Å²) in [7, 11) is 4.63. The van der Waals surface area contributed by atoms with Crippen molar-refractivity contribution in [1.29, 1.82) is 0 Å². The van der Waals surface area contributed by atoms with Crippen LogP contribution < -0.4 is 0 Å². The molecule has 29 atom stereocenters. The van der Waals surface area contributed by atoms with Gasteiger partial charge in [0.2, 0.25) is 0 Å². The average molecular weight is 979 g/mol. The van der Waals surface area contributed by atoms with Crippen molar-refractivity contribution < 1.29 is 98.1 Å². The molecule has 8 aliphatic rings. The van der Waals surface area contributed by atoms with E-state index < -0.39 is 152 Å². The van der Waals surface area contributed by atoms with Gasteiger partial charge in [-0.05, 0) is 102 Å². The van der Waals surface area contributed by atoms with E-state index >= 15 is 0 Å². The standard InChI is InChI=1S/C48H82O20/c1-20(63-44-38(54)37(53)35(51)30(19-49)66-44)26-13-15-48(57)27-11-10-24-16-25(12-14-46(24,5)33(27)36(52)43(56)47(26,48)6)65-31-17-28(58-7)40(22(3)61-31)67-32-18-29(59-8)41(23(4)62-32)68-45-39(55)42(60-9)34(50)21(2)64-45/h20-45,49-57H,10-19H2,1-9H3/t20-,21+,22+,23+,24-,25-,26+,27+,28-,29+,30+,31-,32-,33+,34+,35+,36-,37-,38+,39+,40+,41+,42+,43+,44+,45-,46-,47-,48-/m0/s1. The van der Waals surface area contributed by atoms with Crippen LogP contribution in [0.3, 0.4) is 0 Å². The molecule has 0 aromatic rings. The first-order valence-corrected chi connectivity index (χ1v) is 25.1. The molecule has 68 heavy (non-hydrogen) atoms. The fourth-order valence-electron chi connectivity index (χ4n) is 14.6. The molecule has 0 amide bonds. The highest BCUT2D eigenvalue weighted by Gasteiger charge is 2.74. The Balaban J connectivity index is 0.865. The van der Waals surface area contributed by atoms with Crippen LogP contribution in [0.4, 0.5) is 0 Å². The van der Waals surface area contributed by atoms with E-state index in [1.54, 1.807) is 28.1 Å². The third kappa shape index (κ3) is 9.17. The van der Waals surface area contributed by atoms with E-state index in [0.717, 1.165) is 12.8 Å². The molecule has 0 radical (unpaired) electrons. The Kier molecular flexibility index (Phi) is 16.4. The van der Waals surface area contributed by atoms with Crippen LogP contribution in [-0.4, -0.2) is 215 Å². The molecule has 0 aromatic heterocycles.